The third kappa shape index (κ3) is 4.13. The number of ether oxygens (including phenoxy) is 1. The lowest BCUT2D eigenvalue weighted by Crippen LogP contribution is -2.33. The largest absolute Gasteiger partial charge is 0.508 e. The molecule has 0 radical (unpaired) electrons. The minimum atomic E-state index is -0.639. The zero-order valence-electron chi connectivity index (χ0n) is 14.0. The molecule has 2 aromatic carbocycles. The van der Waals surface area contributed by atoms with E-state index < -0.39 is 5.97 Å². The molecular weight excluding hydrogens is 306 g/mol. The summed E-state index contributed by atoms with van der Waals surface area (Å²) in [5.74, 6) is -0.916. The number of hydrogen-bond acceptors (Lipinski definition) is 4. The summed E-state index contributed by atoms with van der Waals surface area (Å²) >= 11 is 0. The first-order valence-corrected chi connectivity index (χ1v) is 7.67. The van der Waals surface area contributed by atoms with Crippen molar-refractivity contribution in [3.63, 3.8) is 0 Å². The van der Waals surface area contributed by atoms with E-state index >= 15 is 0 Å². The SMILES string of the molecule is Cc1ccc(C(=O)OCC(=O)N(C)C(C)c2ccccc2)cc1O. The number of phenolic OH excluding ortho intramolecular Hbond substituents is 1. The van der Waals surface area contributed by atoms with E-state index in [9.17, 15) is 14.7 Å². The fourth-order valence-corrected chi connectivity index (χ4v) is 2.22. The second kappa shape index (κ2) is 7.64. The molecule has 0 aliphatic rings. The van der Waals surface area contributed by atoms with Crippen LogP contribution in [-0.4, -0.2) is 35.5 Å². The van der Waals surface area contributed by atoms with Crippen LogP contribution in [0, 0.1) is 6.92 Å². The molecule has 2 rings (SSSR count). The number of esters is 1. The van der Waals surface area contributed by atoms with Crippen LogP contribution in [0.5, 0.6) is 5.75 Å². The molecule has 1 amide bonds. The van der Waals surface area contributed by atoms with Gasteiger partial charge >= 0.3 is 5.97 Å². The quantitative estimate of drug-likeness (QED) is 0.857. The maximum Gasteiger partial charge on any atom is 0.338 e. The molecule has 1 N–H and O–H groups in total. The number of nitrogens with zero attached hydrogens (tertiary/aromatic N) is 1. The van der Waals surface area contributed by atoms with Crippen molar-refractivity contribution in [2.24, 2.45) is 0 Å². The van der Waals surface area contributed by atoms with Gasteiger partial charge in [0.25, 0.3) is 5.91 Å². The van der Waals surface area contributed by atoms with Crippen LogP contribution in [0.25, 0.3) is 0 Å². The number of aryl methyl sites for hydroxylation is 1. The van der Waals surface area contributed by atoms with Crippen molar-refractivity contribution in [3.05, 3.63) is 65.2 Å². The van der Waals surface area contributed by atoms with Crippen LogP contribution in [0.2, 0.25) is 0 Å². The molecule has 1 unspecified atom stereocenters. The number of carbonyl (C=O) groups is 2. The van der Waals surface area contributed by atoms with Gasteiger partial charge in [-0.15, -0.1) is 0 Å². The van der Waals surface area contributed by atoms with E-state index in [2.05, 4.69) is 0 Å². The van der Waals surface area contributed by atoms with Gasteiger partial charge in [0.1, 0.15) is 5.75 Å². The van der Waals surface area contributed by atoms with Crippen LogP contribution in [0.1, 0.15) is 34.5 Å². The predicted molar refractivity (Wildman–Crippen MR) is 90.8 cm³/mol. The van der Waals surface area contributed by atoms with Crippen LogP contribution in [-0.2, 0) is 9.53 Å². The van der Waals surface area contributed by atoms with Crippen molar-refractivity contribution < 1.29 is 19.4 Å². The van der Waals surface area contributed by atoms with E-state index in [0.29, 0.717) is 5.56 Å². The molecule has 1 atom stereocenters. The Morgan fingerprint density at radius 2 is 1.83 bits per heavy atom. The maximum absolute atomic E-state index is 12.2. The normalized spacial score (nSPS) is 11.6. The first kappa shape index (κ1) is 17.5. The number of hydrogen-bond donors (Lipinski definition) is 1. The number of rotatable bonds is 5. The van der Waals surface area contributed by atoms with Crippen LogP contribution >= 0.6 is 0 Å². The van der Waals surface area contributed by atoms with Gasteiger partial charge in [0.15, 0.2) is 6.61 Å². The number of phenols is 1. The van der Waals surface area contributed by atoms with Gasteiger partial charge in [-0.3, -0.25) is 4.79 Å². The molecule has 5 nitrogen and oxygen atoms in total. The molecule has 0 fully saturated rings. The fourth-order valence-electron chi connectivity index (χ4n) is 2.22. The van der Waals surface area contributed by atoms with Gasteiger partial charge in [0.05, 0.1) is 11.6 Å². The maximum atomic E-state index is 12.2. The molecule has 0 saturated heterocycles. The average Bonchev–Trinajstić information content (AvgIpc) is 2.61. The second-order valence-electron chi connectivity index (χ2n) is 5.67. The molecule has 5 heteroatoms. The third-order valence-electron chi connectivity index (χ3n) is 4.03. The number of likely N-dealkylation sites (N-methyl/N-ethyl adjacent to an activating group) is 1. The van der Waals surface area contributed by atoms with Gasteiger partial charge < -0.3 is 14.7 Å². The topological polar surface area (TPSA) is 66.8 Å². The number of aromatic hydroxyl groups is 1. The van der Waals surface area contributed by atoms with E-state index in [1.165, 1.54) is 11.0 Å². The lowest BCUT2D eigenvalue weighted by Gasteiger charge is -2.25. The van der Waals surface area contributed by atoms with Crippen LogP contribution in [0.15, 0.2) is 48.5 Å². The summed E-state index contributed by atoms with van der Waals surface area (Å²) in [6.07, 6.45) is 0. The van der Waals surface area contributed by atoms with E-state index in [-0.39, 0.29) is 29.9 Å². The Balaban J connectivity index is 1.94. The second-order valence-corrected chi connectivity index (χ2v) is 5.67. The molecule has 2 aromatic rings. The first-order valence-electron chi connectivity index (χ1n) is 7.67. The molecule has 0 aliphatic carbocycles. The Hall–Kier alpha value is -2.82. The Kier molecular flexibility index (Phi) is 5.58. The Labute approximate surface area is 141 Å². The lowest BCUT2D eigenvalue weighted by atomic mass is 10.1. The van der Waals surface area contributed by atoms with Gasteiger partial charge in [-0.05, 0) is 37.1 Å². The number of amides is 1. The van der Waals surface area contributed by atoms with Gasteiger partial charge in [-0.1, -0.05) is 36.4 Å². The molecule has 0 saturated carbocycles. The van der Waals surface area contributed by atoms with Crippen molar-refractivity contribution in [2.75, 3.05) is 13.7 Å². The average molecular weight is 327 g/mol. The Morgan fingerprint density at radius 1 is 1.17 bits per heavy atom. The third-order valence-corrected chi connectivity index (χ3v) is 4.03. The fraction of sp³-hybridized carbons (Fsp3) is 0.263. The summed E-state index contributed by atoms with van der Waals surface area (Å²) < 4.78 is 5.05. The minimum Gasteiger partial charge on any atom is -0.508 e. The molecule has 0 bridgehead atoms. The molecule has 0 aliphatic heterocycles. The zero-order valence-corrected chi connectivity index (χ0v) is 14.0. The molecule has 0 heterocycles. The standard InChI is InChI=1S/C19H21NO4/c1-13-9-10-16(11-17(13)21)19(23)24-12-18(22)20(3)14(2)15-7-5-4-6-8-15/h4-11,14,21H,12H2,1-3H3. The Bertz CT molecular complexity index is 727. The number of carbonyl (C=O) groups excluding carboxylic acids is 2. The van der Waals surface area contributed by atoms with Gasteiger partial charge in [0.2, 0.25) is 0 Å². The highest BCUT2D eigenvalue weighted by atomic mass is 16.5. The minimum absolute atomic E-state index is 0.0191. The summed E-state index contributed by atoms with van der Waals surface area (Å²) in [6.45, 7) is 3.29. The molecule has 0 aromatic heterocycles. The van der Waals surface area contributed by atoms with Crippen molar-refractivity contribution in [2.45, 2.75) is 19.9 Å². The summed E-state index contributed by atoms with van der Waals surface area (Å²) in [5.41, 5.74) is 1.88. The molecule has 0 spiro atoms. The van der Waals surface area contributed by atoms with Crippen molar-refractivity contribution in [3.8, 4) is 5.75 Å². The highest BCUT2D eigenvalue weighted by Gasteiger charge is 2.19. The van der Waals surface area contributed by atoms with Gasteiger partial charge in [0, 0.05) is 7.05 Å². The molecular formula is C19H21NO4. The van der Waals surface area contributed by atoms with E-state index in [0.717, 1.165) is 5.56 Å². The highest BCUT2D eigenvalue weighted by molar-refractivity contribution is 5.91. The lowest BCUT2D eigenvalue weighted by molar-refractivity contribution is -0.135. The molecule has 126 valence electrons. The van der Waals surface area contributed by atoms with Crippen molar-refractivity contribution >= 4 is 11.9 Å². The van der Waals surface area contributed by atoms with E-state index in [1.807, 2.05) is 37.3 Å². The summed E-state index contributed by atoms with van der Waals surface area (Å²) in [6, 6.07) is 14.0. The number of benzene rings is 2. The van der Waals surface area contributed by atoms with Crippen molar-refractivity contribution in [1.29, 1.82) is 0 Å². The van der Waals surface area contributed by atoms with Gasteiger partial charge in [-0.25, -0.2) is 4.79 Å². The first-order chi connectivity index (χ1) is 11.4. The van der Waals surface area contributed by atoms with Crippen LogP contribution < -0.4 is 0 Å². The smallest absolute Gasteiger partial charge is 0.338 e. The van der Waals surface area contributed by atoms with Crippen molar-refractivity contribution in [1.82, 2.24) is 4.90 Å². The van der Waals surface area contributed by atoms with Gasteiger partial charge in [-0.2, -0.15) is 0 Å². The summed E-state index contributed by atoms with van der Waals surface area (Å²) in [5, 5.41) is 9.63. The summed E-state index contributed by atoms with van der Waals surface area (Å²) in [7, 11) is 1.67. The Morgan fingerprint density at radius 3 is 2.46 bits per heavy atom. The highest BCUT2D eigenvalue weighted by Crippen LogP contribution is 2.19. The monoisotopic (exact) mass is 327 g/mol. The van der Waals surface area contributed by atoms with Crippen LogP contribution in [0.3, 0.4) is 0 Å². The predicted octanol–water partition coefficient (Wildman–Crippen LogP) is 3.08. The molecule has 24 heavy (non-hydrogen) atoms. The summed E-state index contributed by atoms with van der Waals surface area (Å²) in [4.78, 5) is 25.7. The zero-order chi connectivity index (χ0) is 17.7. The van der Waals surface area contributed by atoms with Crippen LogP contribution in [0.4, 0.5) is 0 Å². The van der Waals surface area contributed by atoms with E-state index in [4.69, 9.17) is 4.74 Å². The van der Waals surface area contributed by atoms with E-state index in [1.54, 1.807) is 26.1 Å².